The molecule has 0 bridgehead atoms. The predicted molar refractivity (Wildman–Crippen MR) is 101 cm³/mol. The Labute approximate surface area is 147 Å². The maximum atomic E-state index is 6.22. The van der Waals surface area contributed by atoms with E-state index in [0.29, 0.717) is 12.6 Å². The minimum Gasteiger partial charge on any atom is -0.494 e. The van der Waals surface area contributed by atoms with Gasteiger partial charge in [0.2, 0.25) is 0 Å². The maximum absolute atomic E-state index is 6.22. The summed E-state index contributed by atoms with van der Waals surface area (Å²) in [6.07, 6.45) is 7.53. The Morgan fingerprint density at radius 1 is 1.00 bits per heavy atom. The summed E-state index contributed by atoms with van der Waals surface area (Å²) in [5.41, 5.74) is 1.62. The second-order valence-electron chi connectivity index (χ2n) is 8.87. The average molecular weight is 328 g/mol. The summed E-state index contributed by atoms with van der Waals surface area (Å²) in [6, 6.07) is 11.1. The van der Waals surface area contributed by atoms with Gasteiger partial charge in [-0.1, -0.05) is 64.4 Å². The molecule has 132 valence electrons. The number of piperidine rings is 1. The summed E-state index contributed by atoms with van der Waals surface area (Å²) in [7, 11) is 0. The fraction of sp³-hybridized carbons (Fsp3) is 0.636. The fourth-order valence-electron chi connectivity index (χ4n) is 5.08. The quantitative estimate of drug-likeness (QED) is 0.734. The standard InChI is InChI=1S/C22H33NO/c1-21(2)15-19(24-17-18-11-7-5-8-12-18)16-22(3,4)20(21)23-13-9-6-10-14-23/h5,7-8,11-12,15,20H,6,9-10,13-14,16-17H2,1-4H3. The van der Waals surface area contributed by atoms with Crippen LogP contribution in [0.15, 0.2) is 42.2 Å². The Bertz CT molecular complexity index is 567. The zero-order valence-electron chi connectivity index (χ0n) is 15.8. The molecule has 0 spiro atoms. The van der Waals surface area contributed by atoms with Gasteiger partial charge in [-0.05, 0) is 43.0 Å². The smallest absolute Gasteiger partial charge is 0.113 e. The van der Waals surface area contributed by atoms with Crippen LogP contribution in [0.3, 0.4) is 0 Å². The van der Waals surface area contributed by atoms with E-state index in [-0.39, 0.29) is 10.8 Å². The van der Waals surface area contributed by atoms with Gasteiger partial charge in [0.25, 0.3) is 0 Å². The molecule has 2 aliphatic rings. The second-order valence-corrected chi connectivity index (χ2v) is 8.87. The zero-order valence-corrected chi connectivity index (χ0v) is 15.8. The lowest BCUT2D eigenvalue weighted by Gasteiger charge is -2.53. The van der Waals surface area contributed by atoms with E-state index in [1.165, 1.54) is 43.7 Å². The van der Waals surface area contributed by atoms with Gasteiger partial charge in [-0.15, -0.1) is 0 Å². The summed E-state index contributed by atoms with van der Waals surface area (Å²) < 4.78 is 6.22. The molecule has 1 fully saturated rings. The molecule has 0 radical (unpaired) electrons. The van der Waals surface area contributed by atoms with Gasteiger partial charge in [0.15, 0.2) is 0 Å². The van der Waals surface area contributed by atoms with Crippen molar-refractivity contribution in [1.29, 1.82) is 0 Å². The highest BCUT2D eigenvalue weighted by atomic mass is 16.5. The van der Waals surface area contributed by atoms with Gasteiger partial charge >= 0.3 is 0 Å². The third-order valence-corrected chi connectivity index (χ3v) is 5.63. The van der Waals surface area contributed by atoms with E-state index >= 15 is 0 Å². The van der Waals surface area contributed by atoms with Crippen molar-refractivity contribution in [3.8, 4) is 0 Å². The highest BCUT2D eigenvalue weighted by Crippen LogP contribution is 2.48. The first-order chi connectivity index (χ1) is 11.4. The van der Waals surface area contributed by atoms with Crippen LogP contribution >= 0.6 is 0 Å². The molecule has 1 heterocycles. The lowest BCUT2D eigenvalue weighted by atomic mass is 9.63. The Kier molecular flexibility index (Phi) is 5.05. The maximum Gasteiger partial charge on any atom is 0.113 e. The molecule has 3 rings (SSSR count). The number of allylic oxidation sites excluding steroid dienone is 1. The van der Waals surface area contributed by atoms with E-state index in [0.717, 1.165) is 6.42 Å². The zero-order chi connectivity index (χ0) is 17.2. The average Bonchev–Trinajstić information content (AvgIpc) is 2.53. The molecule has 2 nitrogen and oxygen atoms in total. The Hall–Kier alpha value is -1.28. The fourth-order valence-corrected chi connectivity index (χ4v) is 5.08. The molecule has 0 N–H and O–H groups in total. The Morgan fingerprint density at radius 3 is 2.29 bits per heavy atom. The Morgan fingerprint density at radius 2 is 1.67 bits per heavy atom. The molecule has 1 saturated heterocycles. The predicted octanol–water partition coefficient (Wildman–Crippen LogP) is 5.40. The molecule has 2 heteroatoms. The van der Waals surface area contributed by atoms with Gasteiger partial charge in [0, 0.05) is 17.9 Å². The van der Waals surface area contributed by atoms with Crippen molar-refractivity contribution in [1.82, 2.24) is 4.90 Å². The van der Waals surface area contributed by atoms with Gasteiger partial charge in [-0.2, -0.15) is 0 Å². The number of ether oxygens (including phenoxy) is 1. The van der Waals surface area contributed by atoms with Crippen LogP contribution in [-0.2, 0) is 11.3 Å². The molecular weight excluding hydrogens is 294 g/mol. The van der Waals surface area contributed by atoms with Crippen molar-refractivity contribution in [2.45, 2.75) is 66.0 Å². The SMILES string of the molecule is CC1(C)C=C(OCc2ccccc2)CC(C)(C)C1N1CCCCC1. The van der Waals surface area contributed by atoms with E-state index in [2.05, 4.69) is 69.0 Å². The first-order valence-corrected chi connectivity index (χ1v) is 9.51. The van der Waals surface area contributed by atoms with Crippen LogP contribution in [0, 0.1) is 10.8 Å². The van der Waals surface area contributed by atoms with Crippen molar-refractivity contribution < 1.29 is 4.74 Å². The second kappa shape index (κ2) is 6.92. The summed E-state index contributed by atoms with van der Waals surface area (Å²) in [5, 5.41) is 0. The minimum absolute atomic E-state index is 0.144. The molecule has 1 aromatic rings. The molecule has 24 heavy (non-hydrogen) atoms. The van der Waals surface area contributed by atoms with Crippen LogP contribution < -0.4 is 0 Å². The summed E-state index contributed by atoms with van der Waals surface area (Å²) >= 11 is 0. The number of likely N-dealkylation sites (tertiary alicyclic amines) is 1. The minimum atomic E-state index is 0.144. The first-order valence-electron chi connectivity index (χ1n) is 9.51. The topological polar surface area (TPSA) is 12.5 Å². The molecule has 1 atom stereocenters. The summed E-state index contributed by atoms with van der Waals surface area (Å²) in [5.74, 6) is 1.17. The summed E-state index contributed by atoms with van der Waals surface area (Å²) in [6.45, 7) is 12.8. The third-order valence-electron chi connectivity index (χ3n) is 5.63. The van der Waals surface area contributed by atoms with Gasteiger partial charge in [-0.25, -0.2) is 0 Å². The van der Waals surface area contributed by atoms with E-state index in [9.17, 15) is 0 Å². The molecular formula is C22H33NO. The van der Waals surface area contributed by atoms with Crippen molar-refractivity contribution >= 4 is 0 Å². The first kappa shape index (κ1) is 17.5. The van der Waals surface area contributed by atoms with E-state index < -0.39 is 0 Å². The molecule has 1 aliphatic heterocycles. The number of rotatable bonds is 4. The number of nitrogens with zero attached hydrogens (tertiary/aromatic N) is 1. The molecule has 0 saturated carbocycles. The van der Waals surface area contributed by atoms with Crippen LogP contribution in [0.2, 0.25) is 0 Å². The van der Waals surface area contributed by atoms with Crippen LogP contribution in [0.1, 0.15) is 58.9 Å². The van der Waals surface area contributed by atoms with Crippen LogP contribution in [0.25, 0.3) is 0 Å². The number of hydrogen-bond acceptors (Lipinski definition) is 2. The van der Waals surface area contributed by atoms with Crippen molar-refractivity contribution in [3.05, 3.63) is 47.7 Å². The van der Waals surface area contributed by atoms with Crippen LogP contribution in [0.4, 0.5) is 0 Å². The number of benzene rings is 1. The Balaban J connectivity index is 1.75. The van der Waals surface area contributed by atoms with Crippen molar-refractivity contribution in [2.24, 2.45) is 10.8 Å². The van der Waals surface area contributed by atoms with Crippen molar-refractivity contribution in [3.63, 3.8) is 0 Å². The third kappa shape index (κ3) is 3.85. The van der Waals surface area contributed by atoms with Gasteiger partial charge in [0.1, 0.15) is 6.61 Å². The van der Waals surface area contributed by atoms with E-state index in [1.54, 1.807) is 0 Å². The molecule has 0 amide bonds. The van der Waals surface area contributed by atoms with Gasteiger partial charge in [-0.3, -0.25) is 4.90 Å². The monoisotopic (exact) mass is 327 g/mol. The van der Waals surface area contributed by atoms with E-state index in [1.807, 2.05) is 0 Å². The molecule has 1 unspecified atom stereocenters. The molecule has 0 aromatic heterocycles. The number of hydrogen-bond donors (Lipinski definition) is 0. The largest absolute Gasteiger partial charge is 0.494 e. The highest BCUT2D eigenvalue weighted by molar-refractivity contribution is 5.19. The molecule has 1 aromatic carbocycles. The van der Waals surface area contributed by atoms with Gasteiger partial charge < -0.3 is 4.74 Å². The normalized spacial score (nSPS) is 26.7. The van der Waals surface area contributed by atoms with Crippen LogP contribution in [0.5, 0.6) is 0 Å². The van der Waals surface area contributed by atoms with Crippen molar-refractivity contribution in [2.75, 3.05) is 13.1 Å². The molecule has 1 aliphatic carbocycles. The van der Waals surface area contributed by atoms with Crippen LogP contribution in [-0.4, -0.2) is 24.0 Å². The van der Waals surface area contributed by atoms with Gasteiger partial charge in [0.05, 0.1) is 5.76 Å². The summed E-state index contributed by atoms with van der Waals surface area (Å²) in [4.78, 5) is 2.74. The lowest BCUT2D eigenvalue weighted by Crippen LogP contribution is -2.56. The van der Waals surface area contributed by atoms with E-state index in [4.69, 9.17) is 4.74 Å². The highest BCUT2D eigenvalue weighted by Gasteiger charge is 2.47. The lowest BCUT2D eigenvalue weighted by molar-refractivity contribution is -0.0154.